The molecule has 0 bridgehead atoms. The van der Waals surface area contributed by atoms with Crippen LogP contribution in [0.2, 0.25) is 0 Å². The van der Waals surface area contributed by atoms with Crippen LogP contribution in [0, 0.1) is 5.92 Å². The Bertz CT molecular complexity index is 513. The normalized spacial score (nSPS) is 17.1. The number of aliphatic hydroxyl groups is 1. The van der Waals surface area contributed by atoms with Crippen LogP contribution in [0.5, 0.6) is 0 Å². The molecule has 1 fully saturated rings. The SMILES string of the molecule is CCNC(=NCC(O)c1ccco1)N1CCC(C(=O)OC)CC1.I. The van der Waals surface area contributed by atoms with E-state index in [-0.39, 0.29) is 42.4 Å². The summed E-state index contributed by atoms with van der Waals surface area (Å²) in [7, 11) is 1.43. The molecule has 1 aliphatic heterocycles. The Morgan fingerprint density at radius 2 is 2.25 bits per heavy atom. The van der Waals surface area contributed by atoms with Crippen molar-refractivity contribution in [3.63, 3.8) is 0 Å². The first-order valence-electron chi connectivity index (χ1n) is 7.98. The minimum atomic E-state index is -0.758. The number of aliphatic imine (C=N–C) groups is 1. The van der Waals surface area contributed by atoms with E-state index in [1.54, 1.807) is 12.1 Å². The van der Waals surface area contributed by atoms with Crippen LogP contribution >= 0.6 is 24.0 Å². The molecule has 1 saturated heterocycles. The number of rotatable bonds is 5. The summed E-state index contributed by atoms with van der Waals surface area (Å²) in [4.78, 5) is 18.2. The van der Waals surface area contributed by atoms with Gasteiger partial charge in [0.25, 0.3) is 0 Å². The van der Waals surface area contributed by atoms with Gasteiger partial charge in [-0.15, -0.1) is 24.0 Å². The van der Waals surface area contributed by atoms with Gasteiger partial charge in [0.2, 0.25) is 0 Å². The van der Waals surface area contributed by atoms with Gasteiger partial charge in [-0.25, -0.2) is 4.99 Å². The summed E-state index contributed by atoms with van der Waals surface area (Å²) in [5.74, 6) is 1.09. The predicted octanol–water partition coefficient (Wildman–Crippen LogP) is 1.78. The topological polar surface area (TPSA) is 87.3 Å². The van der Waals surface area contributed by atoms with Crippen molar-refractivity contribution in [2.75, 3.05) is 33.3 Å². The standard InChI is InChI=1S/C16H25N3O4.HI/c1-3-17-16(18-11-13(20)14-5-4-10-23-14)19-8-6-12(7-9-19)15(21)22-2;/h4-5,10,12-13,20H,3,6-9,11H2,1-2H3,(H,17,18);1H. The van der Waals surface area contributed by atoms with Crippen LogP contribution in [-0.4, -0.2) is 55.2 Å². The summed E-state index contributed by atoms with van der Waals surface area (Å²) in [5.41, 5.74) is 0. The van der Waals surface area contributed by atoms with Gasteiger partial charge in [-0.2, -0.15) is 0 Å². The number of aliphatic hydroxyl groups excluding tert-OH is 1. The Balaban J connectivity index is 0.00000288. The van der Waals surface area contributed by atoms with Gasteiger partial charge in [-0.1, -0.05) is 0 Å². The summed E-state index contributed by atoms with van der Waals surface area (Å²) in [6.07, 6.45) is 2.27. The molecule has 0 aliphatic carbocycles. The number of furan rings is 1. The molecular formula is C16H26IN3O4. The molecule has 2 heterocycles. The van der Waals surface area contributed by atoms with Crippen molar-refractivity contribution in [1.82, 2.24) is 10.2 Å². The molecule has 2 N–H and O–H groups in total. The van der Waals surface area contributed by atoms with E-state index in [0.29, 0.717) is 5.76 Å². The monoisotopic (exact) mass is 451 g/mol. The lowest BCUT2D eigenvalue weighted by Gasteiger charge is -2.33. The van der Waals surface area contributed by atoms with E-state index in [4.69, 9.17) is 9.15 Å². The zero-order chi connectivity index (χ0) is 16.7. The van der Waals surface area contributed by atoms with E-state index >= 15 is 0 Å². The molecule has 1 atom stereocenters. The fourth-order valence-corrected chi connectivity index (χ4v) is 2.66. The van der Waals surface area contributed by atoms with Crippen molar-refractivity contribution >= 4 is 35.9 Å². The number of ether oxygens (including phenoxy) is 1. The molecule has 1 aliphatic rings. The molecule has 0 saturated carbocycles. The van der Waals surface area contributed by atoms with E-state index in [0.717, 1.165) is 38.4 Å². The second-order valence-corrected chi connectivity index (χ2v) is 5.51. The minimum Gasteiger partial charge on any atom is -0.469 e. The maximum Gasteiger partial charge on any atom is 0.308 e. The molecule has 0 aromatic carbocycles. The minimum absolute atomic E-state index is 0. The Hall–Kier alpha value is -1.29. The third kappa shape index (κ3) is 5.66. The highest BCUT2D eigenvalue weighted by Gasteiger charge is 2.27. The number of methoxy groups -OCH3 is 1. The molecule has 136 valence electrons. The first-order valence-corrected chi connectivity index (χ1v) is 7.98. The van der Waals surface area contributed by atoms with Gasteiger partial charge in [0.1, 0.15) is 11.9 Å². The van der Waals surface area contributed by atoms with Crippen LogP contribution in [0.4, 0.5) is 0 Å². The Morgan fingerprint density at radius 1 is 1.54 bits per heavy atom. The van der Waals surface area contributed by atoms with Crippen molar-refractivity contribution in [2.24, 2.45) is 10.9 Å². The third-order valence-electron chi connectivity index (χ3n) is 3.95. The third-order valence-corrected chi connectivity index (χ3v) is 3.95. The largest absolute Gasteiger partial charge is 0.469 e. The molecule has 8 heteroatoms. The second kappa shape index (κ2) is 10.5. The van der Waals surface area contributed by atoms with Gasteiger partial charge in [-0.3, -0.25) is 4.79 Å². The Labute approximate surface area is 159 Å². The Morgan fingerprint density at radius 3 is 2.79 bits per heavy atom. The molecule has 1 aromatic heterocycles. The average molecular weight is 451 g/mol. The molecule has 7 nitrogen and oxygen atoms in total. The highest BCUT2D eigenvalue weighted by molar-refractivity contribution is 14.0. The summed E-state index contributed by atoms with van der Waals surface area (Å²) < 4.78 is 9.99. The van der Waals surface area contributed by atoms with Gasteiger partial charge in [-0.05, 0) is 31.9 Å². The number of carbonyl (C=O) groups excluding carboxylic acids is 1. The average Bonchev–Trinajstić information content (AvgIpc) is 3.12. The number of guanidine groups is 1. The van der Waals surface area contributed by atoms with Gasteiger partial charge < -0.3 is 24.5 Å². The smallest absolute Gasteiger partial charge is 0.308 e. The van der Waals surface area contributed by atoms with Crippen molar-refractivity contribution in [2.45, 2.75) is 25.9 Å². The molecule has 24 heavy (non-hydrogen) atoms. The molecule has 1 unspecified atom stereocenters. The van der Waals surface area contributed by atoms with Gasteiger partial charge in [0.05, 0.1) is 25.8 Å². The van der Waals surface area contributed by atoms with Gasteiger partial charge in [0.15, 0.2) is 5.96 Å². The fraction of sp³-hybridized carbons (Fsp3) is 0.625. The maximum absolute atomic E-state index is 11.6. The summed E-state index contributed by atoms with van der Waals surface area (Å²) >= 11 is 0. The lowest BCUT2D eigenvalue weighted by atomic mass is 9.97. The number of hydrogen-bond acceptors (Lipinski definition) is 5. The highest BCUT2D eigenvalue weighted by Crippen LogP contribution is 2.19. The summed E-state index contributed by atoms with van der Waals surface area (Å²) in [6.45, 7) is 4.45. The van der Waals surface area contributed by atoms with Crippen molar-refractivity contribution in [3.8, 4) is 0 Å². The zero-order valence-corrected chi connectivity index (χ0v) is 16.4. The quantitative estimate of drug-likeness (QED) is 0.307. The number of nitrogens with one attached hydrogen (secondary N) is 1. The molecular weight excluding hydrogens is 425 g/mol. The number of carbonyl (C=O) groups is 1. The Kier molecular flexibility index (Phi) is 9.12. The van der Waals surface area contributed by atoms with Crippen LogP contribution in [0.25, 0.3) is 0 Å². The first-order chi connectivity index (χ1) is 11.2. The number of halogens is 1. The lowest BCUT2D eigenvalue weighted by Crippen LogP contribution is -2.46. The van der Waals surface area contributed by atoms with Crippen LogP contribution in [-0.2, 0) is 9.53 Å². The van der Waals surface area contributed by atoms with Crippen molar-refractivity contribution in [1.29, 1.82) is 0 Å². The molecule has 0 spiro atoms. The van der Waals surface area contributed by atoms with Crippen LogP contribution in [0.3, 0.4) is 0 Å². The summed E-state index contributed by atoms with van der Waals surface area (Å²) in [5, 5.41) is 13.3. The second-order valence-electron chi connectivity index (χ2n) is 5.51. The fourth-order valence-electron chi connectivity index (χ4n) is 2.66. The highest BCUT2D eigenvalue weighted by atomic mass is 127. The van der Waals surface area contributed by atoms with E-state index in [9.17, 15) is 9.90 Å². The van der Waals surface area contributed by atoms with Gasteiger partial charge in [0, 0.05) is 19.6 Å². The van der Waals surface area contributed by atoms with Crippen LogP contribution in [0.1, 0.15) is 31.6 Å². The molecule has 1 aromatic rings. The van der Waals surface area contributed by atoms with Crippen LogP contribution in [0.15, 0.2) is 27.8 Å². The first kappa shape index (κ1) is 20.8. The van der Waals surface area contributed by atoms with Crippen molar-refractivity contribution in [3.05, 3.63) is 24.2 Å². The number of likely N-dealkylation sites (tertiary alicyclic amines) is 1. The number of esters is 1. The molecule has 2 rings (SSSR count). The van der Waals surface area contributed by atoms with E-state index in [1.807, 2.05) is 6.92 Å². The van der Waals surface area contributed by atoms with E-state index in [1.165, 1.54) is 13.4 Å². The molecule has 0 radical (unpaired) electrons. The maximum atomic E-state index is 11.6. The predicted molar refractivity (Wildman–Crippen MR) is 101 cm³/mol. The van der Waals surface area contributed by atoms with Crippen molar-refractivity contribution < 1.29 is 19.1 Å². The van der Waals surface area contributed by atoms with E-state index in [2.05, 4.69) is 15.2 Å². The van der Waals surface area contributed by atoms with E-state index < -0.39 is 6.10 Å². The lowest BCUT2D eigenvalue weighted by molar-refractivity contribution is -0.146. The zero-order valence-electron chi connectivity index (χ0n) is 14.1. The van der Waals surface area contributed by atoms with Crippen LogP contribution < -0.4 is 5.32 Å². The summed E-state index contributed by atoms with van der Waals surface area (Å²) in [6, 6.07) is 3.47. The van der Waals surface area contributed by atoms with Gasteiger partial charge >= 0.3 is 5.97 Å². The number of piperidine rings is 1. The molecule has 0 amide bonds. The number of hydrogen-bond donors (Lipinski definition) is 2. The number of nitrogens with zero attached hydrogens (tertiary/aromatic N) is 2.